The van der Waals surface area contributed by atoms with Gasteiger partial charge in [0.05, 0.1) is 25.8 Å². The summed E-state index contributed by atoms with van der Waals surface area (Å²) >= 11 is 0. The summed E-state index contributed by atoms with van der Waals surface area (Å²) < 4.78 is 12.8. The molecule has 6 nitrogen and oxygen atoms in total. The van der Waals surface area contributed by atoms with Crippen LogP contribution < -0.4 is 10.1 Å². The van der Waals surface area contributed by atoms with E-state index in [1.165, 1.54) is 0 Å². The molecule has 6 heteroatoms. The van der Waals surface area contributed by atoms with Gasteiger partial charge in [-0.05, 0) is 30.5 Å². The number of amides is 1. The van der Waals surface area contributed by atoms with E-state index in [1.54, 1.807) is 18.0 Å². The van der Waals surface area contributed by atoms with Gasteiger partial charge in [0.25, 0.3) is 0 Å². The Hall–Kier alpha value is -2.34. The second-order valence-electron chi connectivity index (χ2n) is 6.18. The number of benzene rings is 1. The average molecular weight is 329 g/mol. The van der Waals surface area contributed by atoms with Gasteiger partial charge in [-0.1, -0.05) is 12.1 Å². The predicted octanol–water partition coefficient (Wildman–Crippen LogP) is 1.93. The standard InChI is InChI=1S/C18H23N3O3/c1-12-4-5-13(8-16(12)23-3)9-17(22)20-15-6-7-24-18(15)14-10-19-21(2)11-14/h4-5,8,10-11,15,18H,6-7,9H2,1-3H3,(H,20,22)/t15-,18+/m0/s1. The van der Waals surface area contributed by atoms with Gasteiger partial charge in [0.1, 0.15) is 11.9 Å². The van der Waals surface area contributed by atoms with Gasteiger partial charge >= 0.3 is 0 Å². The number of carbonyl (C=O) groups excluding carboxylic acids is 1. The second-order valence-corrected chi connectivity index (χ2v) is 6.18. The van der Waals surface area contributed by atoms with Gasteiger partial charge < -0.3 is 14.8 Å². The summed E-state index contributed by atoms with van der Waals surface area (Å²) in [6.07, 6.45) is 4.73. The van der Waals surface area contributed by atoms with Crippen molar-refractivity contribution in [2.24, 2.45) is 7.05 Å². The molecule has 2 heterocycles. The Labute approximate surface area is 141 Å². The van der Waals surface area contributed by atoms with Gasteiger partial charge in [-0.15, -0.1) is 0 Å². The lowest BCUT2D eigenvalue weighted by atomic mass is 10.0. The lowest BCUT2D eigenvalue weighted by molar-refractivity contribution is -0.121. The van der Waals surface area contributed by atoms with Crippen LogP contribution in [0.2, 0.25) is 0 Å². The zero-order chi connectivity index (χ0) is 17.1. The minimum atomic E-state index is -0.129. The number of aryl methyl sites for hydroxylation is 2. The van der Waals surface area contributed by atoms with Gasteiger partial charge in [0.2, 0.25) is 5.91 Å². The molecule has 128 valence electrons. The fourth-order valence-electron chi connectivity index (χ4n) is 3.07. The van der Waals surface area contributed by atoms with E-state index < -0.39 is 0 Å². The largest absolute Gasteiger partial charge is 0.496 e. The molecule has 1 aliphatic rings. The third-order valence-electron chi connectivity index (χ3n) is 4.33. The van der Waals surface area contributed by atoms with E-state index in [-0.39, 0.29) is 18.1 Å². The maximum absolute atomic E-state index is 12.4. The van der Waals surface area contributed by atoms with E-state index in [0.29, 0.717) is 13.0 Å². The number of nitrogens with one attached hydrogen (secondary N) is 1. The van der Waals surface area contributed by atoms with Gasteiger partial charge in [0, 0.05) is 25.4 Å². The molecule has 2 atom stereocenters. The lowest BCUT2D eigenvalue weighted by Gasteiger charge is -2.19. The summed E-state index contributed by atoms with van der Waals surface area (Å²) in [5.41, 5.74) is 2.99. The molecular weight excluding hydrogens is 306 g/mol. The van der Waals surface area contributed by atoms with Crippen LogP contribution in [0.1, 0.15) is 29.2 Å². The molecule has 1 amide bonds. The normalized spacial score (nSPS) is 20.1. The zero-order valence-electron chi connectivity index (χ0n) is 14.3. The SMILES string of the molecule is COc1cc(CC(=O)N[C@H]2CCO[C@@H]2c2cnn(C)c2)ccc1C. The van der Waals surface area contributed by atoms with Crippen LogP contribution in [0.5, 0.6) is 5.75 Å². The van der Waals surface area contributed by atoms with E-state index in [4.69, 9.17) is 9.47 Å². The molecule has 0 radical (unpaired) electrons. The van der Waals surface area contributed by atoms with Crippen LogP contribution in [-0.4, -0.2) is 35.4 Å². The molecule has 1 aromatic heterocycles. The molecular formula is C18H23N3O3. The maximum Gasteiger partial charge on any atom is 0.224 e. The Morgan fingerprint density at radius 3 is 3.04 bits per heavy atom. The van der Waals surface area contributed by atoms with E-state index in [2.05, 4.69) is 10.4 Å². The highest BCUT2D eigenvalue weighted by Gasteiger charge is 2.31. The van der Waals surface area contributed by atoms with Crippen LogP contribution in [0.25, 0.3) is 0 Å². The quantitative estimate of drug-likeness (QED) is 0.910. The lowest BCUT2D eigenvalue weighted by Crippen LogP contribution is -2.37. The van der Waals surface area contributed by atoms with Crippen molar-refractivity contribution in [1.82, 2.24) is 15.1 Å². The van der Waals surface area contributed by atoms with E-state index in [9.17, 15) is 4.79 Å². The second kappa shape index (κ2) is 7.05. The van der Waals surface area contributed by atoms with E-state index >= 15 is 0 Å². The topological polar surface area (TPSA) is 65.4 Å². The number of hydrogen-bond donors (Lipinski definition) is 1. The number of aromatic nitrogens is 2. The molecule has 24 heavy (non-hydrogen) atoms. The van der Waals surface area contributed by atoms with Gasteiger partial charge in [-0.25, -0.2) is 0 Å². The van der Waals surface area contributed by atoms with Crippen LogP contribution in [0.4, 0.5) is 0 Å². The maximum atomic E-state index is 12.4. The summed E-state index contributed by atoms with van der Waals surface area (Å²) in [7, 11) is 3.51. The van der Waals surface area contributed by atoms with Crippen molar-refractivity contribution in [3.63, 3.8) is 0 Å². The minimum Gasteiger partial charge on any atom is -0.496 e. The molecule has 0 bridgehead atoms. The van der Waals surface area contributed by atoms with Gasteiger partial charge in [0.15, 0.2) is 0 Å². The molecule has 1 aromatic carbocycles. The van der Waals surface area contributed by atoms with Crippen molar-refractivity contribution < 1.29 is 14.3 Å². The van der Waals surface area contributed by atoms with Crippen LogP contribution in [0, 0.1) is 6.92 Å². The minimum absolute atomic E-state index is 0.00898. The molecule has 1 N–H and O–H groups in total. The molecule has 1 saturated heterocycles. The number of nitrogens with zero attached hydrogens (tertiary/aromatic N) is 2. The Morgan fingerprint density at radius 1 is 1.50 bits per heavy atom. The Kier molecular flexibility index (Phi) is 4.85. The third kappa shape index (κ3) is 3.59. The van der Waals surface area contributed by atoms with Gasteiger partial charge in [-0.2, -0.15) is 5.10 Å². The van der Waals surface area contributed by atoms with Crippen LogP contribution in [-0.2, 0) is 23.0 Å². The summed E-state index contributed by atoms with van der Waals surface area (Å²) in [5.74, 6) is 0.794. The van der Waals surface area contributed by atoms with Gasteiger partial charge in [-0.3, -0.25) is 9.48 Å². The molecule has 2 aromatic rings. The monoisotopic (exact) mass is 329 g/mol. The summed E-state index contributed by atoms with van der Waals surface area (Å²) in [5, 5.41) is 7.28. The Bertz CT molecular complexity index is 726. The first-order chi connectivity index (χ1) is 11.6. The first kappa shape index (κ1) is 16.5. The number of carbonyl (C=O) groups is 1. The highest BCUT2D eigenvalue weighted by molar-refractivity contribution is 5.79. The smallest absolute Gasteiger partial charge is 0.224 e. The highest BCUT2D eigenvalue weighted by atomic mass is 16.5. The molecule has 0 saturated carbocycles. The van der Waals surface area contributed by atoms with Crippen LogP contribution in [0.15, 0.2) is 30.6 Å². The summed E-state index contributed by atoms with van der Waals surface area (Å²) in [6, 6.07) is 5.83. The molecule has 1 aliphatic heterocycles. The van der Waals surface area contributed by atoms with E-state index in [0.717, 1.165) is 28.9 Å². The van der Waals surface area contributed by atoms with Crippen molar-refractivity contribution in [3.8, 4) is 5.75 Å². The van der Waals surface area contributed by atoms with Crippen molar-refractivity contribution in [3.05, 3.63) is 47.3 Å². The number of hydrogen-bond acceptors (Lipinski definition) is 4. The predicted molar refractivity (Wildman–Crippen MR) is 89.9 cm³/mol. The Balaban J connectivity index is 1.64. The zero-order valence-corrected chi connectivity index (χ0v) is 14.3. The number of methoxy groups -OCH3 is 1. The molecule has 0 spiro atoms. The summed E-state index contributed by atoms with van der Waals surface area (Å²) in [6.45, 7) is 2.62. The van der Waals surface area contributed by atoms with Crippen LogP contribution in [0.3, 0.4) is 0 Å². The van der Waals surface area contributed by atoms with Crippen molar-refractivity contribution >= 4 is 5.91 Å². The molecule has 1 fully saturated rings. The van der Waals surface area contributed by atoms with Crippen molar-refractivity contribution in [2.45, 2.75) is 31.9 Å². The average Bonchev–Trinajstić information content (AvgIpc) is 3.17. The highest BCUT2D eigenvalue weighted by Crippen LogP contribution is 2.29. The fraction of sp³-hybridized carbons (Fsp3) is 0.444. The molecule has 3 rings (SSSR count). The number of rotatable bonds is 5. The summed E-state index contributed by atoms with van der Waals surface area (Å²) in [4.78, 5) is 12.4. The molecule has 0 aliphatic carbocycles. The molecule has 0 unspecified atom stereocenters. The third-order valence-corrected chi connectivity index (χ3v) is 4.33. The number of ether oxygens (including phenoxy) is 2. The fourth-order valence-corrected chi connectivity index (χ4v) is 3.07. The van der Waals surface area contributed by atoms with Crippen molar-refractivity contribution in [1.29, 1.82) is 0 Å². The van der Waals surface area contributed by atoms with Crippen molar-refractivity contribution in [2.75, 3.05) is 13.7 Å². The Morgan fingerprint density at radius 2 is 2.33 bits per heavy atom. The first-order valence-corrected chi connectivity index (χ1v) is 8.10. The first-order valence-electron chi connectivity index (χ1n) is 8.10. The van der Waals surface area contributed by atoms with Crippen LogP contribution >= 0.6 is 0 Å². The van der Waals surface area contributed by atoms with E-state index in [1.807, 2.05) is 38.4 Å².